The van der Waals surface area contributed by atoms with Crippen molar-refractivity contribution in [2.45, 2.75) is 48.9 Å². The first-order valence-corrected chi connectivity index (χ1v) is 17.0. The van der Waals surface area contributed by atoms with Crippen LogP contribution in [0.1, 0.15) is 30.1 Å². The van der Waals surface area contributed by atoms with Crippen LogP contribution in [0.2, 0.25) is 10.0 Å². The molecule has 248 valence electrons. The molecule has 9 nitrogen and oxygen atoms in total. The zero-order valence-corrected chi connectivity index (χ0v) is 26.8. The number of carbonyl (C=O) groups excluding carboxylic acids is 1. The molecule has 3 aromatic rings. The van der Waals surface area contributed by atoms with Gasteiger partial charge in [-0.05, 0) is 66.3 Å². The molecule has 2 aromatic carbocycles. The van der Waals surface area contributed by atoms with E-state index < -0.39 is 40.7 Å². The highest BCUT2D eigenvalue weighted by molar-refractivity contribution is 8.02. The van der Waals surface area contributed by atoms with E-state index in [0.717, 1.165) is 53.2 Å². The number of esters is 1. The lowest BCUT2D eigenvalue weighted by Crippen LogP contribution is -2.40. The van der Waals surface area contributed by atoms with Gasteiger partial charge in [0.1, 0.15) is 11.9 Å². The van der Waals surface area contributed by atoms with E-state index in [0.29, 0.717) is 11.1 Å². The molecule has 2 heterocycles. The van der Waals surface area contributed by atoms with Gasteiger partial charge in [0, 0.05) is 31.1 Å². The van der Waals surface area contributed by atoms with E-state index in [9.17, 15) is 30.8 Å². The maximum atomic E-state index is 13.7. The number of hydrogen-bond acceptors (Lipinski definition) is 9. The monoisotopic (exact) mass is 724 g/mol. The van der Waals surface area contributed by atoms with Crippen molar-refractivity contribution in [3.05, 3.63) is 76.0 Å². The lowest BCUT2D eigenvalue weighted by atomic mass is 10.0. The Labute approximate surface area is 276 Å². The molecule has 0 amide bonds. The number of rotatable bonds is 14. The molecule has 0 N–H and O–H groups in total. The molecule has 0 bridgehead atoms. The van der Waals surface area contributed by atoms with Gasteiger partial charge in [-0.1, -0.05) is 29.3 Å². The molecule has 46 heavy (non-hydrogen) atoms. The first-order chi connectivity index (χ1) is 21.9. The molecule has 1 aromatic heterocycles. The summed E-state index contributed by atoms with van der Waals surface area (Å²) in [6.07, 6.45) is 3.37. The molecule has 2 fully saturated rings. The Morgan fingerprint density at radius 3 is 2.28 bits per heavy atom. The molecule has 0 radical (unpaired) electrons. The average molecular weight is 726 g/mol. The summed E-state index contributed by atoms with van der Waals surface area (Å²) in [5.41, 5.74) is 0.691. The van der Waals surface area contributed by atoms with Crippen molar-refractivity contribution in [1.82, 2.24) is 9.29 Å². The zero-order chi connectivity index (χ0) is 33.0. The number of halogens is 6. The van der Waals surface area contributed by atoms with Crippen molar-refractivity contribution in [3.8, 4) is 17.2 Å². The molecule has 5 rings (SSSR count). The number of sulfonamides is 1. The molecule has 0 spiro atoms. The van der Waals surface area contributed by atoms with E-state index in [4.69, 9.17) is 32.7 Å². The maximum Gasteiger partial charge on any atom is 0.387 e. The molecule has 2 aliphatic rings. The molecule has 1 aliphatic carbocycles. The van der Waals surface area contributed by atoms with Gasteiger partial charge in [-0.25, -0.2) is 13.2 Å². The third-order valence-electron chi connectivity index (χ3n) is 7.03. The second-order valence-corrected chi connectivity index (χ2v) is 14.1. The summed E-state index contributed by atoms with van der Waals surface area (Å²) in [7, 11) is -4.27. The van der Waals surface area contributed by atoms with Crippen molar-refractivity contribution < 1.29 is 49.7 Å². The number of pyridine rings is 1. The van der Waals surface area contributed by atoms with Crippen molar-refractivity contribution in [1.29, 1.82) is 0 Å². The number of carbonyl (C=O) groups is 1. The highest BCUT2D eigenvalue weighted by Gasteiger charge is 2.42. The lowest BCUT2D eigenvalue weighted by Gasteiger charge is -2.26. The van der Waals surface area contributed by atoms with E-state index >= 15 is 0 Å². The Hall–Kier alpha value is -2.98. The molecule has 2 unspecified atom stereocenters. The van der Waals surface area contributed by atoms with Crippen molar-refractivity contribution in [3.63, 3.8) is 0 Å². The van der Waals surface area contributed by atoms with Crippen LogP contribution < -0.4 is 14.2 Å². The lowest BCUT2D eigenvalue weighted by molar-refractivity contribution is -0.150. The molecular weight excluding hydrogens is 699 g/mol. The van der Waals surface area contributed by atoms with E-state index in [1.807, 2.05) is 0 Å². The molecule has 1 aliphatic heterocycles. The van der Waals surface area contributed by atoms with Gasteiger partial charge >= 0.3 is 19.2 Å². The predicted octanol–water partition coefficient (Wildman–Crippen LogP) is 6.97. The van der Waals surface area contributed by atoms with Crippen LogP contribution in [0.15, 0.2) is 59.8 Å². The topological polar surface area (TPSA) is 104 Å². The summed E-state index contributed by atoms with van der Waals surface area (Å²) in [4.78, 5) is 17.4. The zero-order valence-electron chi connectivity index (χ0n) is 23.7. The van der Waals surface area contributed by atoms with Crippen LogP contribution in [0.5, 0.6) is 17.2 Å². The summed E-state index contributed by atoms with van der Waals surface area (Å²) < 4.78 is 100.0. The Balaban J connectivity index is 1.43. The highest BCUT2D eigenvalue weighted by Crippen LogP contribution is 2.39. The molecule has 2 atom stereocenters. The van der Waals surface area contributed by atoms with Gasteiger partial charge in [-0.15, -0.1) is 11.8 Å². The van der Waals surface area contributed by atoms with E-state index in [1.165, 1.54) is 30.6 Å². The molecular formula is C29H26Cl2F4N2O7S2. The van der Waals surface area contributed by atoms with Crippen molar-refractivity contribution in [2.75, 3.05) is 18.9 Å². The van der Waals surface area contributed by atoms with Gasteiger partial charge in [0.25, 0.3) is 0 Å². The quantitative estimate of drug-likeness (QED) is 0.129. The van der Waals surface area contributed by atoms with Gasteiger partial charge in [0.05, 0.1) is 21.5 Å². The number of aromatic nitrogens is 1. The number of alkyl halides is 4. The molecule has 1 saturated carbocycles. The van der Waals surface area contributed by atoms with Crippen LogP contribution in [-0.4, -0.2) is 61.2 Å². The standard InChI is InChI=1S/C29H26Cl2F4N2O7S2/c30-21-13-36-14-22(31)20(21)12-24(17-3-8-23(44-29(34)35)25(11-17)41-15-16-1-2-16)43-27(38)26-37(9-10-45-26)46(39,40)19-6-4-18(5-7-19)42-28(32)33/h3-8,11,13-14,16,24,26,28-29H,1-2,9-10,12,15H2. The average Bonchev–Trinajstić information content (AvgIpc) is 3.69. The van der Waals surface area contributed by atoms with Gasteiger partial charge in [-0.2, -0.15) is 21.9 Å². The Bertz CT molecular complexity index is 1630. The minimum atomic E-state index is -4.27. The van der Waals surface area contributed by atoms with Gasteiger partial charge in [0.2, 0.25) is 10.0 Å². The molecule has 1 saturated heterocycles. The highest BCUT2D eigenvalue weighted by atomic mass is 35.5. The Morgan fingerprint density at radius 1 is 0.978 bits per heavy atom. The smallest absolute Gasteiger partial charge is 0.387 e. The fourth-order valence-corrected chi connectivity index (χ4v) is 8.15. The van der Waals surface area contributed by atoms with E-state index in [1.54, 1.807) is 0 Å². The van der Waals surface area contributed by atoms with Crippen LogP contribution in [0.4, 0.5) is 17.6 Å². The summed E-state index contributed by atoms with van der Waals surface area (Å²) in [5.74, 6) is -0.802. The summed E-state index contributed by atoms with van der Waals surface area (Å²) in [5, 5.41) is -0.954. The van der Waals surface area contributed by atoms with Crippen molar-refractivity contribution in [2.24, 2.45) is 5.92 Å². The Morgan fingerprint density at radius 2 is 1.65 bits per heavy atom. The van der Waals surface area contributed by atoms with Gasteiger partial charge < -0.3 is 18.9 Å². The van der Waals surface area contributed by atoms with Crippen LogP contribution in [0.25, 0.3) is 0 Å². The summed E-state index contributed by atoms with van der Waals surface area (Å²) >= 11 is 13.8. The Kier molecular flexibility index (Phi) is 11.1. The minimum absolute atomic E-state index is 0.0105. The predicted molar refractivity (Wildman–Crippen MR) is 161 cm³/mol. The van der Waals surface area contributed by atoms with Crippen LogP contribution in [0.3, 0.4) is 0 Å². The number of benzene rings is 2. The van der Waals surface area contributed by atoms with Gasteiger partial charge in [-0.3, -0.25) is 4.98 Å². The second kappa shape index (κ2) is 14.8. The summed E-state index contributed by atoms with van der Waals surface area (Å²) in [6, 6.07) is 8.46. The van der Waals surface area contributed by atoms with Crippen LogP contribution in [-0.2, 0) is 26.0 Å². The van der Waals surface area contributed by atoms with Gasteiger partial charge in [0.15, 0.2) is 16.9 Å². The first kappa shape index (κ1) is 34.4. The number of thioether (sulfide) groups is 1. The fraction of sp³-hybridized carbons (Fsp3) is 0.379. The largest absolute Gasteiger partial charge is 0.489 e. The van der Waals surface area contributed by atoms with Crippen molar-refractivity contribution >= 4 is 51.0 Å². The molecule has 17 heteroatoms. The van der Waals surface area contributed by atoms with E-state index in [2.05, 4.69) is 14.5 Å². The fourth-order valence-electron chi connectivity index (χ4n) is 4.58. The van der Waals surface area contributed by atoms with Crippen LogP contribution >= 0.6 is 35.0 Å². The number of hydrogen-bond donors (Lipinski definition) is 0. The summed E-state index contributed by atoms with van der Waals surface area (Å²) in [6.45, 7) is -5.96. The van der Waals surface area contributed by atoms with Crippen LogP contribution in [0, 0.1) is 5.92 Å². The maximum absolute atomic E-state index is 13.7. The number of ether oxygens (including phenoxy) is 4. The third kappa shape index (κ3) is 8.48. The SMILES string of the molecule is O=C(OC(Cc1c(Cl)cncc1Cl)c1ccc(OC(F)F)c(OCC2CC2)c1)C1SCCN1S(=O)(=O)c1ccc(OC(F)F)cc1. The first-order valence-electron chi connectivity index (χ1n) is 13.8. The third-order valence-corrected chi connectivity index (χ3v) is 10.9. The van der Waals surface area contributed by atoms with E-state index in [-0.39, 0.29) is 63.4 Å². The minimum Gasteiger partial charge on any atom is -0.489 e. The normalized spacial score (nSPS) is 17.7. The second-order valence-electron chi connectivity index (χ2n) is 10.2. The number of nitrogens with zero attached hydrogens (tertiary/aromatic N) is 2.